The summed E-state index contributed by atoms with van der Waals surface area (Å²) in [6, 6.07) is 7.51. The van der Waals surface area contributed by atoms with Crippen LogP contribution in [0.3, 0.4) is 0 Å². The van der Waals surface area contributed by atoms with E-state index in [2.05, 4.69) is 0 Å². The van der Waals surface area contributed by atoms with Gasteiger partial charge in [0.1, 0.15) is 18.8 Å². The van der Waals surface area contributed by atoms with Crippen molar-refractivity contribution < 1.29 is 28.5 Å². The van der Waals surface area contributed by atoms with Crippen molar-refractivity contribution in [2.24, 2.45) is 0 Å². The second-order valence-electron chi connectivity index (χ2n) is 4.70. The molecule has 0 amide bonds. The van der Waals surface area contributed by atoms with Crippen molar-refractivity contribution >= 4 is 5.97 Å². The fourth-order valence-corrected chi connectivity index (χ4v) is 2.33. The van der Waals surface area contributed by atoms with Crippen LogP contribution in [-0.2, 0) is 0 Å². The number of rotatable bonds is 3. The van der Waals surface area contributed by atoms with Gasteiger partial charge in [0.2, 0.25) is 0 Å². The lowest BCUT2D eigenvalue weighted by Crippen LogP contribution is -2.18. The van der Waals surface area contributed by atoms with Gasteiger partial charge < -0.3 is 19.3 Å². The predicted octanol–water partition coefficient (Wildman–Crippen LogP) is 2.97. The maximum Gasteiger partial charge on any atom is 0.339 e. The normalized spacial score (nSPS) is 12.8. The Kier molecular flexibility index (Phi) is 3.58. The molecule has 3 rings (SSSR count). The van der Waals surface area contributed by atoms with Gasteiger partial charge in [0.05, 0.1) is 7.11 Å². The maximum atomic E-state index is 13.8. The molecule has 0 aliphatic carbocycles. The first-order chi connectivity index (χ1) is 10.6. The van der Waals surface area contributed by atoms with Crippen LogP contribution in [0.2, 0.25) is 0 Å². The molecule has 0 radical (unpaired) electrons. The monoisotopic (exact) mass is 304 g/mol. The van der Waals surface area contributed by atoms with E-state index in [1.807, 2.05) is 0 Å². The Hall–Kier alpha value is -2.76. The van der Waals surface area contributed by atoms with Gasteiger partial charge in [-0.05, 0) is 35.4 Å². The smallest absolute Gasteiger partial charge is 0.339 e. The molecule has 1 N–H and O–H groups in total. The van der Waals surface area contributed by atoms with Gasteiger partial charge in [-0.3, -0.25) is 0 Å². The highest BCUT2D eigenvalue weighted by atomic mass is 19.1. The summed E-state index contributed by atoms with van der Waals surface area (Å²) in [4.78, 5) is 11.4. The van der Waals surface area contributed by atoms with Crippen molar-refractivity contribution in [3.05, 3.63) is 41.7 Å². The van der Waals surface area contributed by atoms with Gasteiger partial charge in [0, 0.05) is 0 Å². The average molecular weight is 304 g/mol. The third-order valence-corrected chi connectivity index (χ3v) is 3.36. The number of methoxy groups -OCH3 is 1. The zero-order chi connectivity index (χ0) is 15.7. The number of carbonyl (C=O) groups is 1. The van der Waals surface area contributed by atoms with Crippen molar-refractivity contribution in [1.82, 2.24) is 0 Å². The molecule has 2 aromatic rings. The van der Waals surface area contributed by atoms with Crippen molar-refractivity contribution in [3.8, 4) is 28.4 Å². The highest BCUT2D eigenvalue weighted by Crippen LogP contribution is 2.39. The van der Waals surface area contributed by atoms with Gasteiger partial charge in [-0.1, -0.05) is 6.07 Å². The molecule has 0 atom stereocenters. The molecule has 5 nitrogen and oxygen atoms in total. The van der Waals surface area contributed by atoms with Gasteiger partial charge in [-0.15, -0.1) is 0 Å². The summed E-state index contributed by atoms with van der Waals surface area (Å²) in [6.07, 6.45) is 0. The lowest BCUT2D eigenvalue weighted by atomic mass is 10.0. The van der Waals surface area contributed by atoms with Gasteiger partial charge in [-0.2, -0.15) is 0 Å². The number of fused-ring (bicyclic) bond motifs is 1. The quantitative estimate of drug-likeness (QED) is 0.944. The molecule has 114 valence electrons. The van der Waals surface area contributed by atoms with Crippen molar-refractivity contribution in [1.29, 1.82) is 0 Å². The fourth-order valence-electron chi connectivity index (χ4n) is 2.33. The number of hydrogen-bond donors (Lipinski definition) is 1. The third-order valence-electron chi connectivity index (χ3n) is 3.36. The first kappa shape index (κ1) is 14.2. The Balaban J connectivity index is 2.13. The summed E-state index contributed by atoms with van der Waals surface area (Å²) in [5.41, 5.74) is 1.05. The van der Waals surface area contributed by atoms with E-state index in [9.17, 15) is 14.3 Å². The molecule has 1 aliphatic heterocycles. The molecule has 0 fully saturated rings. The zero-order valence-electron chi connectivity index (χ0n) is 11.8. The first-order valence-electron chi connectivity index (χ1n) is 6.61. The SMILES string of the molecule is COc1ccc(-c2cc3c(c(C(=O)O)c2)OCCO3)cc1F. The van der Waals surface area contributed by atoms with Gasteiger partial charge in [0.25, 0.3) is 0 Å². The molecule has 0 aromatic heterocycles. The van der Waals surface area contributed by atoms with Crippen LogP contribution >= 0.6 is 0 Å². The van der Waals surface area contributed by atoms with Crippen LogP contribution in [0.5, 0.6) is 17.2 Å². The van der Waals surface area contributed by atoms with Gasteiger partial charge >= 0.3 is 5.97 Å². The maximum absolute atomic E-state index is 13.8. The molecule has 0 saturated heterocycles. The summed E-state index contributed by atoms with van der Waals surface area (Å²) in [7, 11) is 1.38. The van der Waals surface area contributed by atoms with E-state index >= 15 is 0 Å². The Labute approximate surface area is 125 Å². The summed E-state index contributed by atoms with van der Waals surface area (Å²) in [5, 5.41) is 9.32. The van der Waals surface area contributed by atoms with Crippen LogP contribution in [0.4, 0.5) is 4.39 Å². The Bertz CT molecular complexity index is 742. The minimum absolute atomic E-state index is 0.0107. The van der Waals surface area contributed by atoms with Crippen molar-refractivity contribution in [3.63, 3.8) is 0 Å². The number of ether oxygens (including phenoxy) is 3. The van der Waals surface area contributed by atoms with E-state index in [1.54, 1.807) is 12.1 Å². The van der Waals surface area contributed by atoms with Crippen LogP contribution in [0, 0.1) is 5.82 Å². The highest BCUT2D eigenvalue weighted by molar-refractivity contribution is 5.94. The predicted molar refractivity (Wildman–Crippen MR) is 76.3 cm³/mol. The van der Waals surface area contributed by atoms with Crippen LogP contribution in [0.15, 0.2) is 30.3 Å². The topological polar surface area (TPSA) is 65.0 Å². The van der Waals surface area contributed by atoms with Gasteiger partial charge in [-0.25, -0.2) is 9.18 Å². The molecule has 0 bridgehead atoms. The number of halogens is 1. The van der Waals surface area contributed by atoms with E-state index in [4.69, 9.17) is 14.2 Å². The van der Waals surface area contributed by atoms with Crippen molar-refractivity contribution in [2.45, 2.75) is 0 Å². The average Bonchev–Trinajstić information content (AvgIpc) is 2.53. The number of aromatic carboxylic acids is 1. The summed E-state index contributed by atoms with van der Waals surface area (Å²) < 4.78 is 29.5. The fraction of sp³-hybridized carbons (Fsp3) is 0.188. The second kappa shape index (κ2) is 5.55. The number of carboxylic acids is 1. The minimum Gasteiger partial charge on any atom is -0.494 e. The molecule has 22 heavy (non-hydrogen) atoms. The third kappa shape index (κ3) is 2.43. The van der Waals surface area contributed by atoms with E-state index in [0.717, 1.165) is 0 Å². The van der Waals surface area contributed by atoms with Crippen LogP contribution < -0.4 is 14.2 Å². The molecule has 0 saturated carbocycles. The standard InChI is InChI=1S/C16H13FO5/c1-20-13-3-2-9(7-12(13)17)10-6-11(16(18)19)15-14(8-10)21-4-5-22-15/h2-3,6-8H,4-5H2,1H3,(H,18,19). The minimum atomic E-state index is -1.13. The molecule has 6 heteroatoms. The largest absolute Gasteiger partial charge is 0.494 e. The van der Waals surface area contributed by atoms with Crippen molar-refractivity contribution in [2.75, 3.05) is 20.3 Å². The Morgan fingerprint density at radius 3 is 2.64 bits per heavy atom. The van der Waals surface area contributed by atoms with E-state index in [-0.39, 0.29) is 17.1 Å². The number of benzene rings is 2. The lowest BCUT2D eigenvalue weighted by molar-refractivity contribution is 0.0686. The number of hydrogen-bond acceptors (Lipinski definition) is 4. The molecule has 0 spiro atoms. The van der Waals surface area contributed by atoms with Crippen LogP contribution in [0.1, 0.15) is 10.4 Å². The molecule has 0 unspecified atom stereocenters. The first-order valence-corrected chi connectivity index (χ1v) is 6.61. The summed E-state index contributed by atoms with van der Waals surface area (Å²) in [6.45, 7) is 0.635. The number of carboxylic acid groups (broad SMARTS) is 1. The van der Waals surface area contributed by atoms with E-state index < -0.39 is 11.8 Å². The van der Waals surface area contributed by atoms with Crippen LogP contribution in [-0.4, -0.2) is 31.4 Å². The molecular weight excluding hydrogens is 291 g/mol. The molecular formula is C16H13FO5. The second-order valence-corrected chi connectivity index (χ2v) is 4.70. The highest BCUT2D eigenvalue weighted by Gasteiger charge is 2.22. The lowest BCUT2D eigenvalue weighted by Gasteiger charge is -2.21. The van der Waals surface area contributed by atoms with E-state index in [1.165, 1.54) is 25.3 Å². The zero-order valence-corrected chi connectivity index (χ0v) is 11.8. The Morgan fingerprint density at radius 2 is 1.95 bits per heavy atom. The molecule has 1 aliphatic rings. The summed E-state index contributed by atoms with van der Waals surface area (Å²) in [5.74, 6) is -0.974. The summed E-state index contributed by atoms with van der Waals surface area (Å²) >= 11 is 0. The molecule has 1 heterocycles. The molecule has 2 aromatic carbocycles. The van der Waals surface area contributed by atoms with Gasteiger partial charge in [0.15, 0.2) is 23.1 Å². The van der Waals surface area contributed by atoms with E-state index in [0.29, 0.717) is 30.1 Å². The van der Waals surface area contributed by atoms with Crippen LogP contribution in [0.25, 0.3) is 11.1 Å². The Morgan fingerprint density at radius 1 is 1.18 bits per heavy atom.